The molecule has 0 spiro atoms. The summed E-state index contributed by atoms with van der Waals surface area (Å²) in [6.45, 7) is 1.64. The van der Waals surface area contributed by atoms with Gasteiger partial charge in [0.05, 0.1) is 25.4 Å². The molecule has 0 radical (unpaired) electrons. The first-order chi connectivity index (χ1) is 7.42. The van der Waals surface area contributed by atoms with Crippen LogP contribution in [0.4, 0.5) is 0 Å². The summed E-state index contributed by atoms with van der Waals surface area (Å²) >= 11 is 0. The van der Waals surface area contributed by atoms with E-state index in [0.717, 1.165) is 19.1 Å². The molecule has 80 valence electrons. The van der Waals surface area contributed by atoms with Crippen molar-refractivity contribution in [1.29, 1.82) is 0 Å². The maximum Gasteiger partial charge on any atom is 0.0845 e. The van der Waals surface area contributed by atoms with Crippen molar-refractivity contribution >= 4 is 0 Å². The van der Waals surface area contributed by atoms with E-state index in [4.69, 9.17) is 9.47 Å². The van der Waals surface area contributed by atoms with Gasteiger partial charge in [-0.3, -0.25) is 0 Å². The second-order valence-corrected chi connectivity index (χ2v) is 4.55. The summed E-state index contributed by atoms with van der Waals surface area (Å²) in [4.78, 5) is 0. The molecule has 1 saturated heterocycles. The Kier molecular flexibility index (Phi) is 2.47. The Bertz CT molecular complexity index is 313. The second kappa shape index (κ2) is 3.95. The van der Waals surface area contributed by atoms with Crippen LogP contribution in [0.25, 0.3) is 0 Å². The first-order valence-corrected chi connectivity index (χ1v) is 5.69. The summed E-state index contributed by atoms with van der Waals surface area (Å²) in [6.07, 6.45) is 3.57. The maximum absolute atomic E-state index is 5.72. The predicted molar refractivity (Wildman–Crippen MR) is 57.5 cm³/mol. The summed E-state index contributed by atoms with van der Waals surface area (Å²) in [6, 6.07) is 10.4. The highest BCUT2D eigenvalue weighted by Gasteiger charge is 2.47. The average Bonchev–Trinajstić information content (AvgIpc) is 2.88. The highest BCUT2D eigenvalue weighted by atomic mass is 16.6. The Hall–Kier alpha value is -0.860. The number of hydrogen-bond acceptors (Lipinski definition) is 2. The largest absolute Gasteiger partial charge is 0.376 e. The summed E-state index contributed by atoms with van der Waals surface area (Å²) in [5, 5.41) is 0. The lowest BCUT2D eigenvalue weighted by atomic mass is 10.1. The van der Waals surface area contributed by atoms with Crippen LogP contribution in [0.1, 0.15) is 18.4 Å². The average molecular weight is 204 g/mol. The molecule has 1 aliphatic heterocycles. The van der Waals surface area contributed by atoms with Gasteiger partial charge in [-0.25, -0.2) is 0 Å². The zero-order valence-corrected chi connectivity index (χ0v) is 8.76. The number of hydrogen-bond donors (Lipinski definition) is 0. The third kappa shape index (κ3) is 2.21. The van der Waals surface area contributed by atoms with E-state index in [1.807, 2.05) is 6.07 Å². The molecule has 0 N–H and O–H groups in total. The van der Waals surface area contributed by atoms with Gasteiger partial charge in [-0.05, 0) is 24.3 Å². The monoisotopic (exact) mass is 204 g/mol. The van der Waals surface area contributed by atoms with E-state index < -0.39 is 0 Å². The van der Waals surface area contributed by atoms with Gasteiger partial charge in [0.1, 0.15) is 0 Å². The quantitative estimate of drug-likeness (QED) is 0.702. The van der Waals surface area contributed by atoms with Gasteiger partial charge in [0.15, 0.2) is 0 Å². The van der Waals surface area contributed by atoms with Gasteiger partial charge < -0.3 is 9.47 Å². The molecule has 1 aromatic rings. The lowest BCUT2D eigenvalue weighted by Crippen LogP contribution is -2.08. The van der Waals surface area contributed by atoms with Gasteiger partial charge in [-0.1, -0.05) is 30.3 Å². The van der Waals surface area contributed by atoms with Crippen molar-refractivity contribution < 1.29 is 9.47 Å². The van der Waals surface area contributed by atoms with Crippen LogP contribution in [0.3, 0.4) is 0 Å². The smallest absolute Gasteiger partial charge is 0.0845 e. The van der Waals surface area contributed by atoms with E-state index >= 15 is 0 Å². The van der Waals surface area contributed by atoms with E-state index in [0.29, 0.717) is 12.2 Å². The number of ether oxygens (including phenoxy) is 2. The molecule has 1 aromatic carbocycles. The van der Waals surface area contributed by atoms with Gasteiger partial charge in [0.25, 0.3) is 0 Å². The predicted octanol–water partition coefficient (Wildman–Crippen LogP) is 2.38. The zero-order valence-electron chi connectivity index (χ0n) is 8.76. The molecule has 1 saturated carbocycles. The molecule has 2 aliphatic rings. The van der Waals surface area contributed by atoms with Crippen molar-refractivity contribution in [3.8, 4) is 0 Å². The Morgan fingerprint density at radius 1 is 1.13 bits per heavy atom. The summed E-state index contributed by atoms with van der Waals surface area (Å²) in [7, 11) is 0. The van der Waals surface area contributed by atoms with E-state index in [-0.39, 0.29) is 0 Å². The lowest BCUT2D eigenvalue weighted by Gasteiger charge is -2.11. The fraction of sp³-hybridized carbons (Fsp3) is 0.538. The van der Waals surface area contributed by atoms with Crippen molar-refractivity contribution in [2.75, 3.05) is 6.61 Å². The molecule has 2 nitrogen and oxygen atoms in total. The Morgan fingerprint density at radius 3 is 2.60 bits per heavy atom. The molecule has 15 heavy (non-hydrogen) atoms. The molecule has 2 unspecified atom stereocenters. The SMILES string of the molecule is c1ccc(COCC2CC3OC3C2)cc1. The number of fused-ring (bicyclic) bond motifs is 1. The van der Waals surface area contributed by atoms with Gasteiger partial charge in [0.2, 0.25) is 0 Å². The molecular weight excluding hydrogens is 188 g/mol. The van der Waals surface area contributed by atoms with E-state index in [1.54, 1.807) is 0 Å². The van der Waals surface area contributed by atoms with Gasteiger partial charge in [0, 0.05) is 0 Å². The third-order valence-corrected chi connectivity index (χ3v) is 3.28. The van der Waals surface area contributed by atoms with E-state index in [1.165, 1.54) is 18.4 Å². The van der Waals surface area contributed by atoms with Crippen LogP contribution >= 0.6 is 0 Å². The van der Waals surface area contributed by atoms with Crippen LogP contribution in [0.2, 0.25) is 0 Å². The highest BCUT2D eigenvalue weighted by molar-refractivity contribution is 5.13. The molecule has 2 atom stereocenters. The summed E-state index contributed by atoms with van der Waals surface area (Å²) in [5.41, 5.74) is 1.26. The minimum atomic E-state index is 0.579. The third-order valence-electron chi connectivity index (χ3n) is 3.28. The first kappa shape index (κ1) is 9.37. The topological polar surface area (TPSA) is 21.8 Å². The molecule has 3 rings (SSSR count). The highest BCUT2D eigenvalue weighted by Crippen LogP contribution is 2.42. The Balaban J connectivity index is 1.40. The van der Waals surface area contributed by atoms with Crippen LogP contribution in [0, 0.1) is 5.92 Å². The first-order valence-electron chi connectivity index (χ1n) is 5.69. The lowest BCUT2D eigenvalue weighted by molar-refractivity contribution is 0.0754. The minimum Gasteiger partial charge on any atom is -0.376 e. The van der Waals surface area contributed by atoms with Crippen molar-refractivity contribution in [1.82, 2.24) is 0 Å². The van der Waals surface area contributed by atoms with E-state index in [2.05, 4.69) is 24.3 Å². The van der Waals surface area contributed by atoms with Crippen molar-refractivity contribution in [2.24, 2.45) is 5.92 Å². The van der Waals surface area contributed by atoms with Crippen LogP contribution in [0.5, 0.6) is 0 Å². The van der Waals surface area contributed by atoms with Gasteiger partial charge in [-0.2, -0.15) is 0 Å². The van der Waals surface area contributed by atoms with Crippen LogP contribution < -0.4 is 0 Å². The Labute approximate surface area is 90.2 Å². The molecule has 1 aliphatic carbocycles. The maximum atomic E-state index is 5.72. The standard InChI is InChI=1S/C13H16O2/c1-2-4-10(5-3-1)8-14-9-11-6-12-13(7-11)15-12/h1-5,11-13H,6-9H2. The summed E-state index contributed by atoms with van der Waals surface area (Å²) in [5.74, 6) is 0.734. The van der Waals surface area contributed by atoms with Crippen LogP contribution in [-0.4, -0.2) is 18.8 Å². The van der Waals surface area contributed by atoms with Crippen molar-refractivity contribution in [3.05, 3.63) is 35.9 Å². The van der Waals surface area contributed by atoms with Crippen molar-refractivity contribution in [2.45, 2.75) is 31.7 Å². The van der Waals surface area contributed by atoms with Crippen molar-refractivity contribution in [3.63, 3.8) is 0 Å². The molecule has 2 heteroatoms. The van der Waals surface area contributed by atoms with Gasteiger partial charge >= 0.3 is 0 Å². The molecule has 0 aromatic heterocycles. The minimum absolute atomic E-state index is 0.579. The van der Waals surface area contributed by atoms with Gasteiger partial charge in [-0.15, -0.1) is 0 Å². The molecular formula is C13H16O2. The number of epoxide rings is 1. The molecule has 0 amide bonds. The molecule has 0 bridgehead atoms. The second-order valence-electron chi connectivity index (χ2n) is 4.55. The fourth-order valence-electron chi connectivity index (χ4n) is 2.40. The van der Waals surface area contributed by atoms with Crippen LogP contribution in [0.15, 0.2) is 30.3 Å². The van der Waals surface area contributed by atoms with E-state index in [9.17, 15) is 0 Å². The van der Waals surface area contributed by atoms with Crippen LogP contribution in [-0.2, 0) is 16.1 Å². The number of rotatable bonds is 4. The zero-order chi connectivity index (χ0) is 10.1. The normalized spacial score (nSPS) is 32.7. The number of benzene rings is 1. The fourth-order valence-corrected chi connectivity index (χ4v) is 2.40. The molecule has 2 fully saturated rings. The Morgan fingerprint density at radius 2 is 1.87 bits per heavy atom. The molecule has 1 heterocycles. The summed E-state index contributed by atoms with van der Waals surface area (Å²) < 4.78 is 11.1.